The van der Waals surface area contributed by atoms with Crippen LogP contribution in [0.4, 0.5) is 14.5 Å². The van der Waals surface area contributed by atoms with E-state index < -0.39 is 6.61 Å². The third-order valence-corrected chi connectivity index (χ3v) is 3.23. The molecule has 1 unspecified atom stereocenters. The number of anilines is 1. The van der Waals surface area contributed by atoms with Crippen LogP contribution in [0.2, 0.25) is 0 Å². The Balaban J connectivity index is 2.08. The molecule has 1 fully saturated rings. The summed E-state index contributed by atoms with van der Waals surface area (Å²) in [5, 5.41) is 0. The van der Waals surface area contributed by atoms with Crippen molar-refractivity contribution in [2.24, 2.45) is 5.92 Å². The summed E-state index contributed by atoms with van der Waals surface area (Å²) in [6.45, 7) is -2.28. The second kappa shape index (κ2) is 5.52. The van der Waals surface area contributed by atoms with Gasteiger partial charge in [-0.25, -0.2) is 0 Å². The molecule has 0 radical (unpaired) electrons. The minimum atomic E-state index is -2.84. The van der Waals surface area contributed by atoms with Crippen LogP contribution >= 0.6 is 11.6 Å². The minimum Gasteiger partial charge on any atom is -0.435 e. The number of amides is 1. The Bertz CT molecular complexity index is 425. The maximum absolute atomic E-state index is 12.0. The molecule has 1 aromatic rings. The number of rotatable bonds is 4. The molecule has 1 aliphatic heterocycles. The van der Waals surface area contributed by atoms with E-state index in [9.17, 15) is 13.6 Å². The molecule has 1 aliphatic rings. The van der Waals surface area contributed by atoms with Crippen molar-refractivity contribution in [1.82, 2.24) is 0 Å². The van der Waals surface area contributed by atoms with Crippen molar-refractivity contribution in [3.05, 3.63) is 24.3 Å². The van der Waals surface area contributed by atoms with Gasteiger partial charge in [0.05, 0.1) is 0 Å². The van der Waals surface area contributed by atoms with Gasteiger partial charge in [-0.3, -0.25) is 4.79 Å². The zero-order chi connectivity index (χ0) is 13.1. The van der Waals surface area contributed by atoms with Gasteiger partial charge in [-0.1, -0.05) is 0 Å². The second-order valence-electron chi connectivity index (χ2n) is 4.10. The van der Waals surface area contributed by atoms with Crippen molar-refractivity contribution in [3.63, 3.8) is 0 Å². The summed E-state index contributed by atoms with van der Waals surface area (Å²) in [7, 11) is 0. The molecule has 0 saturated carbocycles. The van der Waals surface area contributed by atoms with E-state index in [4.69, 9.17) is 11.6 Å². The molecule has 0 N–H and O–H groups in total. The van der Waals surface area contributed by atoms with Crippen molar-refractivity contribution in [2.45, 2.75) is 13.0 Å². The number of hydrogen-bond acceptors (Lipinski definition) is 2. The average Bonchev–Trinajstić information content (AvgIpc) is 2.71. The third-order valence-electron chi connectivity index (χ3n) is 2.80. The van der Waals surface area contributed by atoms with Crippen molar-refractivity contribution in [2.75, 3.05) is 17.3 Å². The lowest BCUT2D eigenvalue weighted by molar-refractivity contribution is -0.117. The summed E-state index contributed by atoms with van der Waals surface area (Å²) in [6, 6.07) is 6.02. The third kappa shape index (κ3) is 2.90. The molecule has 1 saturated heterocycles. The van der Waals surface area contributed by atoms with Gasteiger partial charge in [0.25, 0.3) is 0 Å². The van der Waals surface area contributed by atoms with Crippen molar-refractivity contribution in [1.29, 1.82) is 0 Å². The van der Waals surface area contributed by atoms with Crippen LogP contribution in [0.5, 0.6) is 5.75 Å². The lowest BCUT2D eigenvalue weighted by Crippen LogP contribution is -2.24. The Kier molecular flexibility index (Phi) is 4.01. The number of nitrogens with zero attached hydrogens (tertiary/aromatic N) is 1. The Morgan fingerprint density at radius 2 is 2.06 bits per heavy atom. The number of ether oxygens (including phenoxy) is 1. The normalized spacial score (nSPS) is 19.7. The molecule has 1 amide bonds. The molecule has 0 aromatic heterocycles. The van der Waals surface area contributed by atoms with Gasteiger partial charge >= 0.3 is 6.61 Å². The van der Waals surface area contributed by atoms with E-state index in [2.05, 4.69) is 4.74 Å². The highest BCUT2D eigenvalue weighted by Gasteiger charge is 2.29. The molecule has 98 valence electrons. The number of carbonyl (C=O) groups excluding carboxylic acids is 1. The fourth-order valence-electron chi connectivity index (χ4n) is 1.94. The summed E-state index contributed by atoms with van der Waals surface area (Å²) in [4.78, 5) is 13.3. The van der Waals surface area contributed by atoms with E-state index >= 15 is 0 Å². The molecular weight excluding hydrogens is 264 g/mol. The predicted molar refractivity (Wildman–Crippen MR) is 64.3 cm³/mol. The standard InChI is InChI=1S/C12H12ClF2NO2/c13-6-8-5-11(17)16(7-8)9-1-3-10(4-2-9)18-12(14)15/h1-4,8,12H,5-7H2. The van der Waals surface area contributed by atoms with E-state index in [-0.39, 0.29) is 17.6 Å². The topological polar surface area (TPSA) is 29.5 Å². The smallest absolute Gasteiger partial charge is 0.387 e. The highest BCUT2D eigenvalue weighted by atomic mass is 35.5. The largest absolute Gasteiger partial charge is 0.435 e. The quantitative estimate of drug-likeness (QED) is 0.791. The van der Waals surface area contributed by atoms with Gasteiger partial charge in [-0.15, -0.1) is 11.6 Å². The first-order valence-corrected chi connectivity index (χ1v) is 6.05. The molecule has 1 atom stereocenters. The summed E-state index contributed by atoms with van der Waals surface area (Å²) in [5.41, 5.74) is 0.675. The van der Waals surface area contributed by atoms with Crippen molar-refractivity contribution >= 4 is 23.2 Å². The maximum Gasteiger partial charge on any atom is 0.387 e. The molecule has 6 heteroatoms. The van der Waals surface area contributed by atoms with Crippen LogP contribution < -0.4 is 9.64 Å². The van der Waals surface area contributed by atoms with Gasteiger partial charge in [0, 0.05) is 24.5 Å². The van der Waals surface area contributed by atoms with Crippen molar-refractivity contribution < 1.29 is 18.3 Å². The van der Waals surface area contributed by atoms with Gasteiger partial charge in [-0.05, 0) is 30.2 Å². The summed E-state index contributed by atoms with van der Waals surface area (Å²) in [6.07, 6.45) is 0.429. The van der Waals surface area contributed by atoms with E-state index in [1.807, 2.05) is 0 Å². The molecule has 3 nitrogen and oxygen atoms in total. The molecule has 0 spiro atoms. The van der Waals surface area contributed by atoms with Gasteiger partial charge in [0.15, 0.2) is 0 Å². The molecule has 1 heterocycles. The van der Waals surface area contributed by atoms with Crippen molar-refractivity contribution in [3.8, 4) is 5.75 Å². The highest BCUT2D eigenvalue weighted by Crippen LogP contribution is 2.27. The number of hydrogen-bond donors (Lipinski definition) is 0. The van der Waals surface area contributed by atoms with Crippen LogP contribution in [0.15, 0.2) is 24.3 Å². The Morgan fingerprint density at radius 1 is 1.39 bits per heavy atom. The van der Waals surface area contributed by atoms with Crippen LogP contribution in [-0.4, -0.2) is 24.9 Å². The van der Waals surface area contributed by atoms with Crippen LogP contribution in [0.1, 0.15) is 6.42 Å². The zero-order valence-electron chi connectivity index (χ0n) is 9.48. The van der Waals surface area contributed by atoms with Crippen LogP contribution in [-0.2, 0) is 4.79 Å². The summed E-state index contributed by atoms with van der Waals surface area (Å²) in [5.74, 6) is 0.670. The SMILES string of the molecule is O=C1CC(CCl)CN1c1ccc(OC(F)F)cc1. The van der Waals surface area contributed by atoms with E-state index in [1.54, 1.807) is 17.0 Å². The van der Waals surface area contributed by atoms with E-state index in [1.165, 1.54) is 12.1 Å². The Labute approximate surface area is 108 Å². The highest BCUT2D eigenvalue weighted by molar-refractivity contribution is 6.18. The number of alkyl halides is 3. The number of halogens is 3. The predicted octanol–water partition coefficient (Wildman–Crippen LogP) is 2.88. The zero-order valence-corrected chi connectivity index (χ0v) is 10.2. The van der Waals surface area contributed by atoms with Crippen LogP contribution in [0.3, 0.4) is 0 Å². The lowest BCUT2D eigenvalue weighted by Gasteiger charge is -2.16. The maximum atomic E-state index is 12.0. The molecule has 0 aliphatic carbocycles. The van der Waals surface area contributed by atoms with E-state index in [0.717, 1.165) is 0 Å². The first-order chi connectivity index (χ1) is 8.60. The monoisotopic (exact) mass is 275 g/mol. The summed E-state index contributed by atoms with van der Waals surface area (Å²) >= 11 is 5.73. The van der Waals surface area contributed by atoms with Gasteiger partial charge in [0.2, 0.25) is 5.91 Å². The first-order valence-electron chi connectivity index (χ1n) is 5.51. The van der Waals surface area contributed by atoms with Gasteiger partial charge in [-0.2, -0.15) is 8.78 Å². The summed E-state index contributed by atoms with van der Waals surface area (Å²) < 4.78 is 28.2. The Morgan fingerprint density at radius 3 is 2.56 bits per heavy atom. The molecule has 2 rings (SSSR count). The fraction of sp³-hybridized carbons (Fsp3) is 0.417. The second-order valence-corrected chi connectivity index (χ2v) is 4.41. The number of carbonyl (C=O) groups is 1. The molecule has 1 aromatic carbocycles. The minimum absolute atomic E-state index is 0.00294. The number of benzene rings is 1. The average molecular weight is 276 g/mol. The molecular formula is C12H12ClF2NO2. The molecule has 0 bridgehead atoms. The Hall–Kier alpha value is -1.36. The van der Waals surface area contributed by atoms with Crippen LogP contribution in [0, 0.1) is 5.92 Å². The lowest BCUT2D eigenvalue weighted by atomic mass is 10.1. The van der Waals surface area contributed by atoms with E-state index in [0.29, 0.717) is 24.5 Å². The molecule has 18 heavy (non-hydrogen) atoms. The van der Waals surface area contributed by atoms with Gasteiger partial charge < -0.3 is 9.64 Å². The first kappa shape index (κ1) is 13.1. The fourth-order valence-corrected chi connectivity index (χ4v) is 2.15. The van der Waals surface area contributed by atoms with Crippen LogP contribution in [0.25, 0.3) is 0 Å². The van der Waals surface area contributed by atoms with Gasteiger partial charge in [0.1, 0.15) is 5.75 Å².